The van der Waals surface area contributed by atoms with E-state index in [0.29, 0.717) is 37.1 Å². The van der Waals surface area contributed by atoms with Gasteiger partial charge < -0.3 is 20.6 Å². The van der Waals surface area contributed by atoms with E-state index in [1.54, 1.807) is 18.2 Å². The summed E-state index contributed by atoms with van der Waals surface area (Å²) in [4.78, 5) is 60.4. The molecule has 2 heterocycles. The number of amides is 4. The van der Waals surface area contributed by atoms with Crippen LogP contribution in [0.4, 0.5) is 5.69 Å². The first kappa shape index (κ1) is 22.3. The molecular formula is C21H26N4O6. The van der Waals surface area contributed by atoms with Gasteiger partial charge in [-0.2, -0.15) is 0 Å². The molecule has 2 aliphatic rings. The van der Waals surface area contributed by atoms with Crippen molar-refractivity contribution in [3.05, 3.63) is 29.3 Å². The Morgan fingerprint density at radius 3 is 2.71 bits per heavy atom. The van der Waals surface area contributed by atoms with E-state index in [9.17, 15) is 24.0 Å². The van der Waals surface area contributed by atoms with Gasteiger partial charge in [-0.15, -0.1) is 0 Å². The van der Waals surface area contributed by atoms with Gasteiger partial charge in [0.25, 0.3) is 5.91 Å². The van der Waals surface area contributed by atoms with E-state index in [0.717, 1.165) is 12.0 Å². The summed E-state index contributed by atoms with van der Waals surface area (Å²) in [6.45, 7) is 0.724. The number of carboxylic acids is 1. The number of carboxylic acid groups (broad SMARTS) is 1. The van der Waals surface area contributed by atoms with Gasteiger partial charge >= 0.3 is 5.97 Å². The number of hydrogen-bond acceptors (Lipinski definition) is 6. The molecule has 31 heavy (non-hydrogen) atoms. The summed E-state index contributed by atoms with van der Waals surface area (Å²) in [6.07, 6.45) is 2.63. The number of nitrogens with one attached hydrogen (secondary N) is 3. The molecule has 1 aromatic carbocycles. The lowest BCUT2D eigenvalue weighted by Crippen LogP contribution is -2.52. The van der Waals surface area contributed by atoms with Gasteiger partial charge in [0.15, 0.2) is 0 Å². The Morgan fingerprint density at radius 2 is 1.97 bits per heavy atom. The summed E-state index contributed by atoms with van der Waals surface area (Å²) in [5, 5.41) is 16.7. The molecule has 10 heteroatoms. The fraction of sp³-hybridized carbons (Fsp3) is 0.476. The van der Waals surface area contributed by atoms with Gasteiger partial charge in [-0.05, 0) is 31.4 Å². The predicted molar refractivity (Wildman–Crippen MR) is 110 cm³/mol. The molecular weight excluding hydrogens is 404 g/mol. The number of carbonyl (C=O) groups is 5. The van der Waals surface area contributed by atoms with Crippen LogP contribution in [0.3, 0.4) is 0 Å². The van der Waals surface area contributed by atoms with Crippen molar-refractivity contribution in [2.24, 2.45) is 0 Å². The molecule has 0 bridgehead atoms. The number of aliphatic carboxylic acids is 1. The molecule has 1 aromatic rings. The number of rotatable bonds is 10. The van der Waals surface area contributed by atoms with Crippen LogP contribution in [0.15, 0.2) is 18.2 Å². The molecule has 1 saturated heterocycles. The smallest absolute Gasteiger partial charge is 0.303 e. The Hall–Kier alpha value is -3.43. The Bertz CT molecular complexity index is 900. The molecule has 0 aliphatic carbocycles. The van der Waals surface area contributed by atoms with Gasteiger partial charge in [-0.3, -0.25) is 29.3 Å². The van der Waals surface area contributed by atoms with E-state index in [1.165, 1.54) is 4.90 Å². The number of unbranched alkanes of at least 4 members (excludes halogenated alkanes) is 2. The van der Waals surface area contributed by atoms with Crippen molar-refractivity contribution in [2.45, 2.75) is 51.1 Å². The molecule has 3 rings (SSSR count). The molecule has 2 aliphatic heterocycles. The number of anilines is 1. The van der Waals surface area contributed by atoms with Crippen LogP contribution in [-0.2, 0) is 25.7 Å². The Morgan fingerprint density at radius 1 is 1.16 bits per heavy atom. The molecule has 0 spiro atoms. The van der Waals surface area contributed by atoms with Gasteiger partial charge in [0.1, 0.15) is 6.04 Å². The first-order valence-electron chi connectivity index (χ1n) is 10.4. The number of hydrogen-bond donors (Lipinski definition) is 4. The van der Waals surface area contributed by atoms with Crippen LogP contribution in [0.2, 0.25) is 0 Å². The lowest BCUT2D eigenvalue weighted by molar-refractivity contribution is -0.138. The van der Waals surface area contributed by atoms with Crippen LogP contribution in [0, 0.1) is 0 Å². The SMILES string of the molecule is O=C(O)CCCCCNC(=O)CNc1cccc2c1CN(C1CCC(=O)NC1=O)C2=O. The second kappa shape index (κ2) is 10.1. The van der Waals surface area contributed by atoms with Gasteiger partial charge in [0.2, 0.25) is 17.7 Å². The van der Waals surface area contributed by atoms with Crippen molar-refractivity contribution in [1.82, 2.24) is 15.5 Å². The average molecular weight is 430 g/mol. The highest BCUT2D eigenvalue weighted by Crippen LogP contribution is 2.32. The minimum atomic E-state index is -0.821. The van der Waals surface area contributed by atoms with E-state index >= 15 is 0 Å². The second-order valence-electron chi connectivity index (χ2n) is 7.64. The van der Waals surface area contributed by atoms with Crippen molar-refractivity contribution in [2.75, 3.05) is 18.4 Å². The van der Waals surface area contributed by atoms with E-state index in [1.807, 2.05) is 0 Å². The first-order valence-corrected chi connectivity index (χ1v) is 10.4. The van der Waals surface area contributed by atoms with Gasteiger partial charge in [0.05, 0.1) is 6.54 Å². The maximum absolute atomic E-state index is 12.8. The Labute approximate surface area is 179 Å². The van der Waals surface area contributed by atoms with Crippen LogP contribution in [0.1, 0.15) is 54.4 Å². The number of imide groups is 1. The largest absolute Gasteiger partial charge is 0.481 e. The molecule has 0 aromatic heterocycles. The van der Waals surface area contributed by atoms with Gasteiger partial charge in [0, 0.05) is 42.7 Å². The normalized spacial score (nSPS) is 17.9. The quantitative estimate of drug-likeness (QED) is 0.314. The molecule has 1 unspecified atom stereocenters. The molecule has 166 valence electrons. The summed E-state index contributed by atoms with van der Waals surface area (Å²) in [7, 11) is 0. The third-order valence-corrected chi connectivity index (χ3v) is 5.41. The molecule has 4 N–H and O–H groups in total. The molecule has 0 radical (unpaired) electrons. The first-order chi connectivity index (χ1) is 14.9. The van der Waals surface area contributed by atoms with Gasteiger partial charge in [-0.25, -0.2) is 0 Å². The van der Waals surface area contributed by atoms with Crippen LogP contribution in [0.25, 0.3) is 0 Å². The number of fused-ring (bicyclic) bond motifs is 1. The van der Waals surface area contributed by atoms with E-state index in [4.69, 9.17) is 5.11 Å². The minimum Gasteiger partial charge on any atom is -0.481 e. The van der Waals surface area contributed by atoms with E-state index < -0.39 is 17.9 Å². The third-order valence-electron chi connectivity index (χ3n) is 5.41. The van der Waals surface area contributed by atoms with Gasteiger partial charge in [-0.1, -0.05) is 12.5 Å². The minimum absolute atomic E-state index is 0.0260. The number of piperidine rings is 1. The zero-order valence-electron chi connectivity index (χ0n) is 17.1. The highest BCUT2D eigenvalue weighted by atomic mass is 16.4. The maximum Gasteiger partial charge on any atom is 0.303 e. The van der Waals surface area contributed by atoms with Crippen LogP contribution in [-0.4, -0.2) is 58.7 Å². The summed E-state index contributed by atoms with van der Waals surface area (Å²) in [6, 6.07) is 4.49. The Balaban J connectivity index is 1.51. The number of nitrogens with zero attached hydrogens (tertiary/aromatic N) is 1. The molecule has 1 fully saturated rings. The number of benzene rings is 1. The molecule has 4 amide bonds. The molecule has 1 atom stereocenters. The highest BCUT2D eigenvalue weighted by Gasteiger charge is 2.39. The van der Waals surface area contributed by atoms with Crippen molar-refractivity contribution in [1.29, 1.82) is 0 Å². The fourth-order valence-corrected chi connectivity index (χ4v) is 3.80. The van der Waals surface area contributed by atoms with Crippen molar-refractivity contribution >= 4 is 35.3 Å². The fourth-order valence-electron chi connectivity index (χ4n) is 3.80. The van der Waals surface area contributed by atoms with Crippen molar-refractivity contribution in [3.8, 4) is 0 Å². The lowest BCUT2D eigenvalue weighted by atomic mass is 10.0. The van der Waals surface area contributed by atoms with Crippen LogP contribution >= 0.6 is 0 Å². The zero-order valence-corrected chi connectivity index (χ0v) is 17.1. The summed E-state index contributed by atoms with van der Waals surface area (Å²) in [5.41, 5.74) is 1.85. The van der Waals surface area contributed by atoms with Crippen LogP contribution < -0.4 is 16.0 Å². The average Bonchev–Trinajstić information content (AvgIpc) is 3.06. The molecule has 10 nitrogen and oxygen atoms in total. The van der Waals surface area contributed by atoms with E-state index in [-0.39, 0.29) is 43.7 Å². The summed E-state index contributed by atoms with van der Waals surface area (Å²) in [5.74, 6) is -2.09. The third kappa shape index (κ3) is 5.59. The predicted octanol–water partition coefficient (Wildman–Crippen LogP) is 0.621. The van der Waals surface area contributed by atoms with Crippen molar-refractivity contribution < 1.29 is 29.1 Å². The number of carbonyl (C=O) groups excluding carboxylic acids is 4. The zero-order chi connectivity index (χ0) is 22.4. The Kier molecular flexibility index (Phi) is 7.22. The highest BCUT2D eigenvalue weighted by molar-refractivity contribution is 6.06. The monoisotopic (exact) mass is 430 g/mol. The summed E-state index contributed by atoms with van der Waals surface area (Å²) < 4.78 is 0. The van der Waals surface area contributed by atoms with E-state index in [2.05, 4.69) is 16.0 Å². The van der Waals surface area contributed by atoms with Crippen molar-refractivity contribution in [3.63, 3.8) is 0 Å². The second-order valence-corrected chi connectivity index (χ2v) is 7.64. The summed E-state index contributed by atoms with van der Waals surface area (Å²) >= 11 is 0. The molecule has 0 saturated carbocycles. The maximum atomic E-state index is 12.8. The standard InChI is InChI=1S/C21H26N4O6/c26-17-9-8-16(20(30)24-17)25-12-14-13(21(25)31)5-4-6-15(14)23-11-18(27)22-10-3-1-2-7-19(28)29/h4-6,16,23H,1-3,7-12H2,(H,22,27)(H,28,29)(H,24,26,30). The lowest BCUT2D eigenvalue weighted by Gasteiger charge is -2.29. The van der Waals surface area contributed by atoms with Crippen LogP contribution in [0.5, 0.6) is 0 Å². The topological polar surface area (TPSA) is 145 Å².